The van der Waals surface area contributed by atoms with Gasteiger partial charge in [0.2, 0.25) is 0 Å². The van der Waals surface area contributed by atoms with Gasteiger partial charge in [-0.1, -0.05) is 152 Å². The smallest absolute Gasteiger partial charge is 0.0348 e. The molecule has 0 aliphatic heterocycles. The van der Waals surface area contributed by atoms with E-state index < -0.39 is 0 Å². The Balaban J connectivity index is 3.11. The Labute approximate surface area is 165 Å². The fourth-order valence-corrected chi connectivity index (χ4v) is 3.24. The summed E-state index contributed by atoms with van der Waals surface area (Å²) >= 11 is 0. The lowest BCUT2D eigenvalue weighted by molar-refractivity contribution is 0.530. The van der Waals surface area contributed by atoms with Gasteiger partial charge < -0.3 is 0 Å². The highest BCUT2D eigenvalue weighted by atomic mass is 14.0. The molecule has 0 nitrogen and oxygen atoms in total. The van der Waals surface area contributed by atoms with Crippen LogP contribution < -0.4 is 0 Å². The van der Waals surface area contributed by atoms with Gasteiger partial charge in [-0.05, 0) is 12.8 Å². The minimum atomic E-state index is 1.20. The molecule has 0 N–H and O–H groups in total. The predicted octanol–water partition coefficient (Wildman–Crippen LogP) is 9.30. The average molecular weight is 358 g/mol. The van der Waals surface area contributed by atoms with Crippen LogP contribution in [0.2, 0.25) is 0 Å². The molecule has 0 bridgehead atoms. The van der Waals surface area contributed by atoms with Crippen LogP contribution in [0.1, 0.15) is 116 Å². The molecule has 0 atom stereocenters. The van der Waals surface area contributed by atoms with Crippen LogP contribution in [0.25, 0.3) is 0 Å². The second-order valence-electron chi connectivity index (χ2n) is 7.48. The van der Waals surface area contributed by atoms with Crippen molar-refractivity contribution in [2.45, 2.75) is 116 Å². The zero-order valence-electron chi connectivity index (χ0n) is 17.6. The maximum Gasteiger partial charge on any atom is -0.0348 e. The SMILES string of the molecule is [CH]=C/C=C/C=C/C=C/CCCCCCCCCCCCCCCCCC. The van der Waals surface area contributed by atoms with E-state index in [1.807, 2.05) is 18.2 Å². The highest BCUT2D eigenvalue weighted by Gasteiger charge is 1.94. The second kappa shape index (κ2) is 24.0. The maximum atomic E-state index is 5.25. The van der Waals surface area contributed by atoms with Gasteiger partial charge in [0.15, 0.2) is 0 Å². The van der Waals surface area contributed by atoms with Crippen LogP contribution >= 0.6 is 0 Å². The molecule has 0 saturated carbocycles. The van der Waals surface area contributed by atoms with E-state index in [0.717, 1.165) is 0 Å². The number of hydrogen-bond donors (Lipinski definition) is 0. The van der Waals surface area contributed by atoms with E-state index in [4.69, 9.17) is 6.58 Å². The largest absolute Gasteiger partial charge is 0.0845 e. The summed E-state index contributed by atoms with van der Waals surface area (Å²) in [6.45, 7) is 7.55. The monoisotopic (exact) mass is 357 g/mol. The van der Waals surface area contributed by atoms with Crippen LogP contribution in [0, 0.1) is 6.58 Å². The van der Waals surface area contributed by atoms with Gasteiger partial charge in [0.05, 0.1) is 0 Å². The van der Waals surface area contributed by atoms with Crippen LogP contribution in [-0.4, -0.2) is 0 Å². The fraction of sp³-hybridized carbons (Fsp3) is 0.692. The molecule has 1 radical (unpaired) electrons. The number of rotatable bonds is 20. The number of hydrogen-bond acceptors (Lipinski definition) is 0. The van der Waals surface area contributed by atoms with Crippen molar-refractivity contribution in [3.05, 3.63) is 49.1 Å². The van der Waals surface area contributed by atoms with Crippen LogP contribution in [0.5, 0.6) is 0 Å². The second-order valence-corrected chi connectivity index (χ2v) is 7.48. The topological polar surface area (TPSA) is 0 Å². The molecule has 0 saturated heterocycles. The molecule has 0 aliphatic carbocycles. The van der Waals surface area contributed by atoms with Gasteiger partial charge in [-0.3, -0.25) is 0 Å². The summed E-state index contributed by atoms with van der Waals surface area (Å²) in [5.74, 6) is 0. The van der Waals surface area contributed by atoms with Gasteiger partial charge in [0.1, 0.15) is 0 Å². The van der Waals surface area contributed by atoms with E-state index in [2.05, 4.69) is 25.2 Å². The zero-order chi connectivity index (χ0) is 19.0. The van der Waals surface area contributed by atoms with Crippen molar-refractivity contribution in [3.63, 3.8) is 0 Å². The highest BCUT2D eigenvalue weighted by molar-refractivity contribution is 5.13. The quantitative estimate of drug-likeness (QED) is 0.150. The third-order valence-corrected chi connectivity index (χ3v) is 4.92. The van der Waals surface area contributed by atoms with Gasteiger partial charge in [-0.15, -0.1) is 0 Å². The lowest BCUT2D eigenvalue weighted by Gasteiger charge is -2.03. The molecule has 0 aromatic rings. The van der Waals surface area contributed by atoms with E-state index in [9.17, 15) is 0 Å². The van der Waals surface area contributed by atoms with Crippen molar-refractivity contribution >= 4 is 0 Å². The van der Waals surface area contributed by atoms with Crippen molar-refractivity contribution < 1.29 is 0 Å². The molecule has 149 valence electrons. The molecule has 0 fully saturated rings. The molecule has 0 spiro atoms. The first-order valence-corrected chi connectivity index (χ1v) is 11.4. The molecule has 0 heterocycles. The first kappa shape index (κ1) is 25.0. The van der Waals surface area contributed by atoms with Crippen molar-refractivity contribution in [2.24, 2.45) is 0 Å². The lowest BCUT2D eigenvalue weighted by Crippen LogP contribution is -1.83. The molecule has 0 unspecified atom stereocenters. The molecule has 0 rings (SSSR count). The minimum Gasteiger partial charge on any atom is -0.0845 e. The van der Waals surface area contributed by atoms with Crippen molar-refractivity contribution in [3.8, 4) is 0 Å². The third-order valence-electron chi connectivity index (χ3n) is 4.92. The van der Waals surface area contributed by atoms with Crippen molar-refractivity contribution in [1.82, 2.24) is 0 Å². The molecule has 26 heavy (non-hydrogen) atoms. The van der Waals surface area contributed by atoms with Crippen molar-refractivity contribution in [2.75, 3.05) is 0 Å². The van der Waals surface area contributed by atoms with Gasteiger partial charge in [0, 0.05) is 0 Å². The normalized spacial score (nSPS) is 12.0. The number of unbranched alkanes of at least 4 members (excludes halogenated alkanes) is 16. The van der Waals surface area contributed by atoms with E-state index in [-0.39, 0.29) is 0 Å². The Hall–Kier alpha value is -1.04. The summed E-state index contributed by atoms with van der Waals surface area (Å²) in [5.41, 5.74) is 0. The Morgan fingerprint density at radius 1 is 0.462 bits per heavy atom. The van der Waals surface area contributed by atoms with Crippen LogP contribution in [0.3, 0.4) is 0 Å². The summed E-state index contributed by atoms with van der Waals surface area (Å²) in [6, 6.07) is 0. The minimum absolute atomic E-state index is 1.20. The Morgan fingerprint density at radius 2 is 0.846 bits per heavy atom. The van der Waals surface area contributed by atoms with Crippen LogP contribution in [0.4, 0.5) is 0 Å². The number of allylic oxidation sites excluding steroid dienone is 7. The zero-order valence-corrected chi connectivity index (χ0v) is 17.6. The molecule has 0 heteroatoms. The molecule has 0 amide bonds. The van der Waals surface area contributed by atoms with E-state index in [1.54, 1.807) is 6.08 Å². The summed E-state index contributed by atoms with van der Waals surface area (Å²) < 4.78 is 0. The Bertz CT molecular complexity index is 345. The van der Waals surface area contributed by atoms with Gasteiger partial charge in [0.25, 0.3) is 0 Å². The summed E-state index contributed by atoms with van der Waals surface area (Å²) in [5, 5.41) is 0. The van der Waals surface area contributed by atoms with E-state index >= 15 is 0 Å². The molecule has 0 aromatic carbocycles. The third kappa shape index (κ3) is 23.0. The summed E-state index contributed by atoms with van der Waals surface area (Å²) in [7, 11) is 0. The first-order chi connectivity index (χ1) is 12.9. The van der Waals surface area contributed by atoms with Gasteiger partial charge in [-0.2, -0.15) is 0 Å². The highest BCUT2D eigenvalue weighted by Crippen LogP contribution is 2.14. The van der Waals surface area contributed by atoms with Gasteiger partial charge in [-0.25, -0.2) is 0 Å². The first-order valence-electron chi connectivity index (χ1n) is 11.4. The van der Waals surface area contributed by atoms with E-state index in [0.29, 0.717) is 0 Å². The van der Waals surface area contributed by atoms with Crippen LogP contribution in [-0.2, 0) is 0 Å². The molecule has 0 aromatic heterocycles. The summed E-state index contributed by atoms with van der Waals surface area (Å²) in [6.07, 6.45) is 38.0. The van der Waals surface area contributed by atoms with E-state index in [1.165, 1.54) is 109 Å². The maximum absolute atomic E-state index is 5.25. The van der Waals surface area contributed by atoms with Gasteiger partial charge >= 0.3 is 0 Å². The average Bonchev–Trinajstić information content (AvgIpc) is 2.66. The standard InChI is InChI=1S/C26H45/c1-3-5-7-9-11-13-15-17-19-21-23-25-26-24-22-20-18-16-14-12-10-8-6-4-2/h1,3,5,7,9,11,13,15H,4,6,8,10,12,14,16-26H2,2H3/b3-1?,7-5+,11-9+,15-13+. The molecular formula is C26H45. The fourth-order valence-electron chi connectivity index (χ4n) is 3.24. The van der Waals surface area contributed by atoms with Crippen LogP contribution in [0.15, 0.2) is 42.5 Å². The Kier molecular flexibility index (Phi) is 23.0. The van der Waals surface area contributed by atoms with Crippen molar-refractivity contribution in [1.29, 1.82) is 0 Å². The lowest BCUT2D eigenvalue weighted by atomic mass is 10.0. The predicted molar refractivity (Wildman–Crippen MR) is 120 cm³/mol. The Morgan fingerprint density at radius 3 is 1.31 bits per heavy atom. The summed E-state index contributed by atoms with van der Waals surface area (Å²) in [4.78, 5) is 0. The molecular weight excluding hydrogens is 312 g/mol. The molecule has 0 aliphatic rings.